The van der Waals surface area contributed by atoms with E-state index in [1.807, 2.05) is 4.90 Å². The molecule has 32 heavy (non-hydrogen) atoms. The normalized spacial score (nSPS) is 24.6. The van der Waals surface area contributed by atoms with Crippen molar-refractivity contribution in [3.8, 4) is 11.5 Å². The summed E-state index contributed by atoms with van der Waals surface area (Å²) in [6.45, 7) is 3.39. The first-order valence-corrected chi connectivity index (χ1v) is 10.9. The minimum absolute atomic E-state index is 0.0690. The number of aromatic nitrogens is 1. The van der Waals surface area contributed by atoms with Crippen LogP contribution in [0, 0.1) is 17.7 Å². The summed E-state index contributed by atoms with van der Waals surface area (Å²) in [5.41, 5.74) is -0.268. The molecule has 0 amide bonds. The van der Waals surface area contributed by atoms with E-state index >= 15 is 4.39 Å². The number of nitrogens with zero attached hydrogens (tertiary/aromatic N) is 2. The average molecular weight is 449 g/mol. The summed E-state index contributed by atoms with van der Waals surface area (Å²) in [4.78, 5) is 25.7. The van der Waals surface area contributed by atoms with Crippen LogP contribution in [0.15, 0.2) is 17.1 Å². The fourth-order valence-electron chi connectivity index (χ4n) is 4.77. The summed E-state index contributed by atoms with van der Waals surface area (Å²) < 4.78 is 40.9. The molecule has 1 saturated carbocycles. The highest BCUT2D eigenvalue weighted by Crippen LogP contribution is 2.44. The van der Waals surface area contributed by atoms with Crippen LogP contribution in [0.2, 0.25) is 0 Å². The van der Waals surface area contributed by atoms with Crippen LogP contribution in [-0.4, -0.2) is 54.8 Å². The topological polar surface area (TPSA) is 93.0 Å². The minimum Gasteiger partial charge on any atom is -0.487 e. The number of rotatable bonds is 6. The van der Waals surface area contributed by atoms with Crippen LogP contribution in [0.3, 0.4) is 0 Å². The van der Waals surface area contributed by atoms with Gasteiger partial charge >= 0.3 is 6.16 Å². The molecule has 172 valence electrons. The molecule has 3 aliphatic rings. The van der Waals surface area contributed by atoms with Crippen molar-refractivity contribution in [2.75, 3.05) is 37.8 Å². The Hall–Kier alpha value is -2.88. The van der Waals surface area contributed by atoms with Crippen molar-refractivity contribution in [2.24, 2.45) is 11.8 Å². The van der Waals surface area contributed by atoms with Crippen LogP contribution < -0.4 is 25.1 Å². The number of pyridine rings is 1. The molecule has 0 unspecified atom stereocenters. The van der Waals surface area contributed by atoms with E-state index in [4.69, 9.17) is 9.84 Å². The lowest BCUT2D eigenvalue weighted by atomic mass is 9.98. The first kappa shape index (κ1) is 21.0. The first-order valence-electron chi connectivity index (χ1n) is 10.9. The minimum atomic E-state index is -1.67. The molecule has 1 aromatic carbocycles. The van der Waals surface area contributed by atoms with E-state index in [0.717, 1.165) is 12.6 Å². The van der Waals surface area contributed by atoms with Crippen LogP contribution in [0.4, 0.5) is 19.3 Å². The van der Waals surface area contributed by atoms with E-state index in [9.17, 15) is 14.0 Å². The third kappa shape index (κ3) is 3.56. The van der Waals surface area contributed by atoms with E-state index in [-0.39, 0.29) is 28.9 Å². The lowest BCUT2D eigenvalue weighted by Gasteiger charge is -2.31. The Labute approximate surface area is 182 Å². The quantitative estimate of drug-likeness (QED) is 0.655. The van der Waals surface area contributed by atoms with Crippen molar-refractivity contribution in [1.82, 2.24) is 9.88 Å². The molecular weight excluding hydrogens is 424 g/mol. The predicted octanol–water partition coefficient (Wildman–Crippen LogP) is 2.92. The fourth-order valence-corrected chi connectivity index (χ4v) is 4.77. The molecule has 3 heterocycles. The number of ether oxygens (including phenoxy) is 2. The van der Waals surface area contributed by atoms with E-state index in [1.165, 1.54) is 23.6 Å². The number of anilines is 1. The van der Waals surface area contributed by atoms with Gasteiger partial charge in [0.2, 0.25) is 5.43 Å². The SMILES string of the molecule is C[C@@H]1CN(c2c(F)cc3c(=O)c(OC(=O)O)cn4c3c2OC[C@@H]4CF)C[C@@H]1CNC1CC1. The molecule has 1 aromatic heterocycles. The Morgan fingerprint density at radius 3 is 2.84 bits per heavy atom. The number of carboxylic acid groups (broad SMARTS) is 1. The lowest BCUT2D eigenvalue weighted by molar-refractivity contribution is 0.143. The molecule has 2 aromatic rings. The Balaban J connectivity index is 1.59. The first-order chi connectivity index (χ1) is 15.4. The van der Waals surface area contributed by atoms with Crippen LogP contribution in [-0.2, 0) is 0 Å². The highest BCUT2D eigenvalue weighted by atomic mass is 19.1. The number of hydrogen-bond donors (Lipinski definition) is 2. The van der Waals surface area contributed by atoms with Gasteiger partial charge in [-0.2, -0.15) is 0 Å². The summed E-state index contributed by atoms with van der Waals surface area (Å²) >= 11 is 0. The second kappa shape index (κ2) is 7.91. The molecule has 0 spiro atoms. The largest absolute Gasteiger partial charge is 0.511 e. The molecular formula is C22H25F2N3O5. The second-order valence-corrected chi connectivity index (χ2v) is 8.97. The third-order valence-corrected chi connectivity index (χ3v) is 6.68. The van der Waals surface area contributed by atoms with E-state index < -0.39 is 35.9 Å². The van der Waals surface area contributed by atoms with Crippen molar-refractivity contribution in [3.05, 3.63) is 28.3 Å². The maximum absolute atomic E-state index is 15.4. The molecule has 0 radical (unpaired) electrons. The molecule has 2 N–H and O–H groups in total. The maximum Gasteiger partial charge on any atom is 0.511 e. The van der Waals surface area contributed by atoms with Gasteiger partial charge in [0, 0.05) is 25.7 Å². The standard InChI is InChI=1S/C22H25F2N3O5/c1-11-7-26(8-12(11)6-25-13-2-3-13)19-16(24)4-15-18-21(19)31-10-14(5-23)27(18)9-17(20(15)28)32-22(29)30/h4,9,11-14,25H,2-3,5-8,10H2,1H3,(H,29,30)/t11-,12+,14+/m1/s1. The Kier molecular flexibility index (Phi) is 5.19. The molecule has 2 aliphatic heterocycles. The zero-order valence-corrected chi connectivity index (χ0v) is 17.6. The highest BCUT2D eigenvalue weighted by molar-refractivity contribution is 5.93. The van der Waals surface area contributed by atoms with Crippen molar-refractivity contribution < 1.29 is 28.2 Å². The van der Waals surface area contributed by atoms with Crippen molar-refractivity contribution in [2.45, 2.75) is 31.8 Å². The maximum atomic E-state index is 15.4. The van der Waals surface area contributed by atoms with Gasteiger partial charge in [0.15, 0.2) is 17.3 Å². The number of nitrogens with one attached hydrogen (secondary N) is 1. The number of halogens is 2. The van der Waals surface area contributed by atoms with Gasteiger partial charge in [0.1, 0.15) is 19.0 Å². The lowest BCUT2D eigenvalue weighted by Crippen LogP contribution is -2.31. The zero-order chi connectivity index (χ0) is 22.6. The molecule has 1 aliphatic carbocycles. The van der Waals surface area contributed by atoms with Gasteiger partial charge in [-0.25, -0.2) is 13.6 Å². The van der Waals surface area contributed by atoms with Crippen LogP contribution >= 0.6 is 0 Å². The summed E-state index contributed by atoms with van der Waals surface area (Å²) in [7, 11) is 0. The molecule has 10 heteroatoms. The van der Waals surface area contributed by atoms with Crippen LogP contribution in [0.1, 0.15) is 25.8 Å². The molecule has 2 fully saturated rings. The average Bonchev–Trinajstić information content (AvgIpc) is 3.51. The molecule has 0 bridgehead atoms. The predicted molar refractivity (Wildman–Crippen MR) is 113 cm³/mol. The van der Waals surface area contributed by atoms with Gasteiger partial charge in [0.05, 0.1) is 23.1 Å². The summed E-state index contributed by atoms with van der Waals surface area (Å²) in [6.07, 6.45) is 1.89. The fraction of sp³-hybridized carbons (Fsp3) is 0.545. The molecule has 5 rings (SSSR count). The van der Waals surface area contributed by atoms with E-state index in [2.05, 4.69) is 17.0 Å². The van der Waals surface area contributed by atoms with Gasteiger partial charge in [-0.05, 0) is 30.7 Å². The van der Waals surface area contributed by atoms with Gasteiger partial charge < -0.3 is 29.4 Å². The Morgan fingerprint density at radius 2 is 2.16 bits per heavy atom. The third-order valence-electron chi connectivity index (χ3n) is 6.68. The second-order valence-electron chi connectivity index (χ2n) is 8.97. The monoisotopic (exact) mass is 449 g/mol. The van der Waals surface area contributed by atoms with Gasteiger partial charge in [0.25, 0.3) is 0 Å². The molecule has 1 saturated heterocycles. The zero-order valence-electron chi connectivity index (χ0n) is 17.6. The number of hydrogen-bond acceptors (Lipinski definition) is 6. The van der Waals surface area contributed by atoms with E-state index in [1.54, 1.807) is 0 Å². The molecule has 8 nitrogen and oxygen atoms in total. The Bertz CT molecular complexity index is 1130. The number of carbonyl (C=O) groups is 1. The van der Waals surface area contributed by atoms with Gasteiger partial charge in [-0.3, -0.25) is 4.79 Å². The smallest absolute Gasteiger partial charge is 0.487 e. The summed E-state index contributed by atoms with van der Waals surface area (Å²) in [5, 5.41) is 12.4. The van der Waals surface area contributed by atoms with Crippen LogP contribution in [0.5, 0.6) is 11.5 Å². The molecule has 3 atom stereocenters. The van der Waals surface area contributed by atoms with Crippen LogP contribution in [0.25, 0.3) is 10.9 Å². The van der Waals surface area contributed by atoms with Crippen molar-refractivity contribution in [3.63, 3.8) is 0 Å². The van der Waals surface area contributed by atoms with Crippen molar-refractivity contribution in [1.29, 1.82) is 0 Å². The summed E-state index contributed by atoms with van der Waals surface area (Å²) in [5.74, 6) is -0.269. The highest BCUT2D eigenvalue weighted by Gasteiger charge is 2.37. The Morgan fingerprint density at radius 1 is 1.38 bits per heavy atom. The number of alkyl halides is 1. The van der Waals surface area contributed by atoms with Gasteiger partial charge in [-0.15, -0.1) is 0 Å². The van der Waals surface area contributed by atoms with Crippen molar-refractivity contribution >= 4 is 22.7 Å². The van der Waals surface area contributed by atoms with Gasteiger partial charge in [-0.1, -0.05) is 6.92 Å². The van der Waals surface area contributed by atoms with E-state index in [0.29, 0.717) is 31.0 Å². The number of benzene rings is 1. The summed E-state index contributed by atoms with van der Waals surface area (Å²) in [6, 6.07) is 0.882.